The molecule has 1 aromatic rings. The van der Waals surface area contributed by atoms with Crippen LogP contribution in [0.4, 0.5) is 0 Å². The van der Waals surface area contributed by atoms with Crippen molar-refractivity contribution in [1.29, 1.82) is 0 Å². The van der Waals surface area contributed by atoms with Crippen molar-refractivity contribution in [2.24, 2.45) is 0 Å². The van der Waals surface area contributed by atoms with Gasteiger partial charge in [0.1, 0.15) is 0 Å². The van der Waals surface area contributed by atoms with Crippen molar-refractivity contribution in [2.45, 2.75) is 13.5 Å². The standard InChI is InChI=1S/C13H16NO2/c1-4-12-5-7-14(8-6-12)9-10-16-13(15)11(2)3/h4-8H,1-2,9-10H2,3H3/q+1. The van der Waals surface area contributed by atoms with Gasteiger partial charge in [-0.15, -0.1) is 0 Å². The van der Waals surface area contributed by atoms with E-state index in [9.17, 15) is 4.79 Å². The largest absolute Gasteiger partial charge is 0.456 e. The molecule has 0 atom stereocenters. The van der Waals surface area contributed by atoms with Gasteiger partial charge in [0.15, 0.2) is 25.5 Å². The maximum atomic E-state index is 11.1. The maximum absolute atomic E-state index is 11.1. The Hall–Kier alpha value is -1.90. The molecular weight excluding hydrogens is 202 g/mol. The maximum Gasteiger partial charge on any atom is 0.333 e. The molecule has 1 aromatic heterocycles. The monoisotopic (exact) mass is 218 g/mol. The Morgan fingerprint density at radius 1 is 1.50 bits per heavy atom. The summed E-state index contributed by atoms with van der Waals surface area (Å²) in [7, 11) is 0. The fourth-order valence-corrected chi connectivity index (χ4v) is 1.12. The molecule has 84 valence electrons. The topological polar surface area (TPSA) is 30.2 Å². The van der Waals surface area contributed by atoms with Crippen molar-refractivity contribution >= 4 is 12.0 Å². The first kappa shape index (κ1) is 12.2. The van der Waals surface area contributed by atoms with Crippen LogP contribution >= 0.6 is 0 Å². The van der Waals surface area contributed by atoms with E-state index in [0.717, 1.165) is 5.56 Å². The first-order chi connectivity index (χ1) is 7.63. The normalized spacial score (nSPS) is 9.56. The first-order valence-corrected chi connectivity index (χ1v) is 5.07. The highest BCUT2D eigenvalue weighted by atomic mass is 16.5. The number of rotatable bonds is 5. The molecule has 0 aromatic carbocycles. The number of hydrogen-bond acceptors (Lipinski definition) is 2. The summed E-state index contributed by atoms with van der Waals surface area (Å²) in [5.74, 6) is -0.344. The van der Waals surface area contributed by atoms with E-state index in [0.29, 0.717) is 18.7 Å². The van der Waals surface area contributed by atoms with E-state index in [1.165, 1.54) is 0 Å². The average Bonchev–Trinajstić information content (AvgIpc) is 2.29. The van der Waals surface area contributed by atoms with Gasteiger partial charge in [0.25, 0.3) is 0 Å². The van der Waals surface area contributed by atoms with Gasteiger partial charge in [0.2, 0.25) is 0 Å². The minimum atomic E-state index is -0.344. The number of ether oxygens (including phenoxy) is 1. The Morgan fingerprint density at radius 3 is 2.62 bits per heavy atom. The van der Waals surface area contributed by atoms with Gasteiger partial charge in [0.05, 0.1) is 0 Å². The molecule has 0 N–H and O–H groups in total. The van der Waals surface area contributed by atoms with Crippen LogP contribution in [0.5, 0.6) is 0 Å². The van der Waals surface area contributed by atoms with E-state index in [2.05, 4.69) is 13.2 Å². The third-order valence-corrected chi connectivity index (χ3v) is 2.08. The van der Waals surface area contributed by atoms with E-state index >= 15 is 0 Å². The minimum absolute atomic E-state index is 0.344. The fourth-order valence-electron chi connectivity index (χ4n) is 1.12. The number of esters is 1. The van der Waals surface area contributed by atoms with Crippen LogP contribution in [0.1, 0.15) is 12.5 Å². The lowest BCUT2D eigenvalue weighted by Gasteiger charge is -2.01. The van der Waals surface area contributed by atoms with Gasteiger partial charge in [-0.1, -0.05) is 19.2 Å². The number of pyridine rings is 1. The second kappa shape index (κ2) is 5.85. The molecule has 0 fully saturated rings. The number of hydrogen-bond donors (Lipinski definition) is 0. The summed E-state index contributed by atoms with van der Waals surface area (Å²) in [5.41, 5.74) is 1.49. The van der Waals surface area contributed by atoms with Crippen LogP contribution in [0, 0.1) is 0 Å². The van der Waals surface area contributed by atoms with Crippen molar-refractivity contribution in [2.75, 3.05) is 6.61 Å². The highest BCUT2D eigenvalue weighted by Gasteiger charge is 2.05. The van der Waals surface area contributed by atoms with Crippen LogP contribution in [-0.2, 0) is 16.1 Å². The van der Waals surface area contributed by atoms with Crippen LogP contribution in [0.3, 0.4) is 0 Å². The van der Waals surface area contributed by atoms with Gasteiger partial charge in [-0.25, -0.2) is 9.36 Å². The van der Waals surface area contributed by atoms with Crippen molar-refractivity contribution in [1.82, 2.24) is 0 Å². The number of carbonyl (C=O) groups excluding carboxylic acids is 1. The SMILES string of the molecule is C=Cc1cc[n+](CCOC(=O)C(=C)C)cc1. The summed E-state index contributed by atoms with van der Waals surface area (Å²) in [6, 6.07) is 3.90. The van der Waals surface area contributed by atoms with Crippen molar-refractivity contribution in [3.8, 4) is 0 Å². The lowest BCUT2D eigenvalue weighted by molar-refractivity contribution is -0.697. The van der Waals surface area contributed by atoms with Crippen LogP contribution in [-0.4, -0.2) is 12.6 Å². The Balaban J connectivity index is 2.40. The molecule has 3 heteroatoms. The van der Waals surface area contributed by atoms with Gasteiger partial charge in [-0.05, 0) is 12.5 Å². The molecule has 0 bridgehead atoms. The molecule has 0 saturated carbocycles. The highest BCUT2D eigenvalue weighted by molar-refractivity contribution is 5.86. The predicted molar refractivity (Wildman–Crippen MR) is 62.5 cm³/mol. The Bertz CT molecular complexity index is 393. The van der Waals surface area contributed by atoms with E-state index < -0.39 is 0 Å². The van der Waals surface area contributed by atoms with E-state index in [1.54, 1.807) is 13.0 Å². The molecule has 16 heavy (non-hydrogen) atoms. The van der Waals surface area contributed by atoms with Crippen molar-refractivity contribution in [3.63, 3.8) is 0 Å². The zero-order valence-corrected chi connectivity index (χ0v) is 9.48. The molecule has 0 amide bonds. The highest BCUT2D eigenvalue weighted by Crippen LogP contribution is 1.96. The summed E-state index contributed by atoms with van der Waals surface area (Å²) in [6.45, 7) is 9.81. The zero-order chi connectivity index (χ0) is 12.0. The smallest absolute Gasteiger partial charge is 0.333 e. The van der Waals surface area contributed by atoms with Gasteiger partial charge in [0, 0.05) is 17.7 Å². The summed E-state index contributed by atoms with van der Waals surface area (Å²) >= 11 is 0. The molecule has 1 rings (SSSR count). The summed E-state index contributed by atoms with van der Waals surface area (Å²) in [6.07, 6.45) is 5.63. The zero-order valence-electron chi connectivity index (χ0n) is 9.48. The molecule has 0 aliphatic rings. The molecule has 0 unspecified atom stereocenters. The predicted octanol–water partition coefficient (Wildman–Crippen LogP) is 1.74. The van der Waals surface area contributed by atoms with E-state index in [-0.39, 0.29) is 5.97 Å². The summed E-state index contributed by atoms with van der Waals surface area (Å²) in [5, 5.41) is 0. The first-order valence-electron chi connectivity index (χ1n) is 5.07. The Morgan fingerprint density at radius 2 is 2.12 bits per heavy atom. The lowest BCUT2D eigenvalue weighted by atomic mass is 10.3. The fraction of sp³-hybridized carbons (Fsp3) is 0.231. The average molecular weight is 218 g/mol. The summed E-state index contributed by atoms with van der Waals surface area (Å²) < 4.78 is 6.93. The van der Waals surface area contributed by atoms with E-state index in [1.807, 2.05) is 29.1 Å². The number of carbonyl (C=O) groups is 1. The molecular formula is C13H16NO2+. The second-order valence-corrected chi connectivity index (χ2v) is 3.49. The molecule has 0 radical (unpaired) electrons. The Labute approximate surface area is 95.7 Å². The number of nitrogens with zero attached hydrogens (tertiary/aromatic N) is 1. The van der Waals surface area contributed by atoms with Gasteiger partial charge < -0.3 is 4.74 Å². The quantitative estimate of drug-likeness (QED) is 0.428. The second-order valence-electron chi connectivity index (χ2n) is 3.49. The molecule has 0 aliphatic carbocycles. The van der Waals surface area contributed by atoms with Crippen LogP contribution in [0.2, 0.25) is 0 Å². The van der Waals surface area contributed by atoms with Crippen LogP contribution < -0.4 is 4.57 Å². The molecule has 0 aliphatic heterocycles. The van der Waals surface area contributed by atoms with Gasteiger partial charge in [-0.3, -0.25) is 0 Å². The summed E-state index contributed by atoms with van der Waals surface area (Å²) in [4.78, 5) is 11.1. The van der Waals surface area contributed by atoms with E-state index in [4.69, 9.17) is 4.74 Å². The van der Waals surface area contributed by atoms with Crippen molar-refractivity contribution in [3.05, 3.63) is 48.8 Å². The number of aromatic nitrogens is 1. The molecule has 1 heterocycles. The van der Waals surface area contributed by atoms with Crippen LogP contribution in [0.15, 0.2) is 43.3 Å². The minimum Gasteiger partial charge on any atom is -0.456 e. The van der Waals surface area contributed by atoms with Gasteiger partial charge >= 0.3 is 5.97 Å². The third kappa shape index (κ3) is 3.69. The van der Waals surface area contributed by atoms with Crippen LogP contribution in [0.25, 0.3) is 6.08 Å². The Kier molecular flexibility index (Phi) is 4.45. The van der Waals surface area contributed by atoms with Crippen molar-refractivity contribution < 1.29 is 14.1 Å². The molecule has 0 spiro atoms. The molecule has 0 saturated heterocycles. The molecule has 3 nitrogen and oxygen atoms in total. The lowest BCUT2D eigenvalue weighted by Crippen LogP contribution is -2.35. The van der Waals surface area contributed by atoms with Gasteiger partial charge in [-0.2, -0.15) is 0 Å². The third-order valence-electron chi connectivity index (χ3n) is 2.08.